The lowest BCUT2D eigenvalue weighted by Gasteiger charge is -2.12. The van der Waals surface area contributed by atoms with Gasteiger partial charge in [0, 0.05) is 31.1 Å². The van der Waals surface area contributed by atoms with Gasteiger partial charge in [-0.25, -0.2) is 0 Å². The zero-order chi connectivity index (χ0) is 13.2. The molecule has 1 N–H and O–H groups in total. The van der Waals surface area contributed by atoms with Crippen LogP contribution in [0.15, 0.2) is 30.3 Å². The van der Waals surface area contributed by atoms with E-state index < -0.39 is 0 Å². The summed E-state index contributed by atoms with van der Waals surface area (Å²) in [6.07, 6.45) is 0.561. The number of thioether (sulfide) groups is 1. The molecular weight excluding hydrogens is 246 g/mol. The molecule has 0 saturated carbocycles. The number of rotatable bonds is 8. The molecule has 3 nitrogen and oxygen atoms in total. The number of ether oxygens (including phenoxy) is 1. The van der Waals surface area contributed by atoms with Crippen LogP contribution in [-0.4, -0.2) is 31.4 Å². The number of nitrogens with one attached hydrogen (secondary N) is 1. The Hall–Kier alpha value is -1.00. The Bertz CT molecular complexity index is 343. The lowest BCUT2D eigenvalue weighted by Crippen LogP contribution is -2.35. The van der Waals surface area contributed by atoms with E-state index in [-0.39, 0.29) is 11.9 Å². The first-order chi connectivity index (χ1) is 8.72. The molecule has 0 unspecified atom stereocenters. The Morgan fingerprint density at radius 3 is 2.78 bits per heavy atom. The number of hydrogen-bond donors (Lipinski definition) is 1. The van der Waals surface area contributed by atoms with Crippen molar-refractivity contribution in [1.82, 2.24) is 5.32 Å². The number of benzene rings is 1. The summed E-state index contributed by atoms with van der Waals surface area (Å²) >= 11 is 1.78. The van der Waals surface area contributed by atoms with Crippen LogP contribution in [0, 0.1) is 0 Å². The number of carbonyl (C=O) groups excluding carboxylic acids is 1. The van der Waals surface area contributed by atoms with E-state index in [1.165, 1.54) is 5.56 Å². The van der Waals surface area contributed by atoms with Gasteiger partial charge in [-0.1, -0.05) is 30.3 Å². The Morgan fingerprint density at radius 2 is 2.11 bits per heavy atom. The van der Waals surface area contributed by atoms with E-state index in [0.29, 0.717) is 13.0 Å². The third-order valence-electron chi connectivity index (χ3n) is 2.41. The van der Waals surface area contributed by atoms with E-state index in [4.69, 9.17) is 4.74 Å². The molecule has 0 aliphatic heterocycles. The molecular formula is C14H21NO2S. The molecule has 1 aromatic rings. The summed E-state index contributed by atoms with van der Waals surface area (Å²) in [6.45, 7) is 2.50. The zero-order valence-electron chi connectivity index (χ0n) is 11.0. The summed E-state index contributed by atoms with van der Waals surface area (Å²) in [6, 6.07) is 10.4. The first-order valence-electron chi connectivity index (χ1n) is 6.12. The van der Waals surface area contributed by atoms with Gasteiger partial charge in [-0.2, -0.15) is 11.8 Å². The molecule has 0 aliphatic rings. The predicted molar refractivity (Wildman–Crippen MR) is 76.7 cm³/mol. The lowest BCUT2D eigenvalue weighted by molar-refractivity contribution is -0.121. The SMILES string of the molecule is COC[C@H](C)NC(=O)CCSCc1ccccc1. The van der Waals surface area contributed by atoms with Crippen LogP contribution in [0.4, 0.5) is 0 Å². The smallest absolute Gasteiger partial charge is 0.221 e. The minimum Gasteiger partial charge on any atom is -0.383 e. The Labute approximate surface area is 113 Å². The first kappa shape index (κ1) is 15.1. The van der Waals surface area contributed by atoms with Crippen LogP contribution in [0.5, 0.6) is 0 Å². The minimum absolute atomic E-state index is 0.0848. The van der Waals surface area contributed by atoms with Crippen molar-refractivity contribution in [2.75, 3.05) is 19.5 Å². The Morgan fingerprint density at radius 1 is 1.39 bits per heavy atom. The summed E-state index contributed by atoms with van der Waals surface area (Å²) < 4.78 is 4.97. The fourth-order valence-corrected chi connectivity index (χ4v) is 2.47. The molecule has 0 radical (unpaired) electrons. The average molecular weight is 267 g/mol. The van der Waals surface area contributed by atoms with E-state index in [2.05, 4.69) is 17.4 Å². The van der Waals surface area contributed by atoms with Crippen LogP contribution in [0.3, 0.4) is 0 Å². The number of amides is 1. The van der Waals surface area contributed by atoms with Crippen LogP contribution < -0.4 is 5.32 Å². The molecule has 18 heavy (non-hydrogen) atoms. The van der Waals surface area contributed by atoms with Gasteiger partial charge in [0.05, 0.1) is 6.61 Å². The van der Waals surface area contributed by atoms with Crippen LogP contribution in [-0.2, 0) is 15.3 Å². The fraction of sp³-hybridized carbons (Fsp3) is 0.500. The van der Waals surface area contributed by atoms with Crippen molar-refractivity contribution < 1.29 is 9.53 Å². The van der Waals surface area contributed by atoms with E-state index in [9.17, 15) is 4.79 Å². The highest BCUT2D eigenvalue weighted by molar-refractivity contribution is 7.98. The molecule has 1 aromatic carbocycles. The third kappa shape index (κ3) is 6.67. The predicted octanol–water partition coefficient (Wildman–Crippen LogP) is 2.46. The molecule has 0 bridgehead atoms. The number of methoxy groups -OCH3 is 1. The highest BCUT2D eigenvalue weighted by Crippen LogP contribution is 2.12. The molecule has 0 fully saturated rings. The lowest BCUT2D eigenvalue weighted by atomic mass is 10.2. The molecule has 1 atom stereocenters. The van der Waals surface area contributed by atoms with E-state index in [0.717, 1.165) is 11.5 Å². The van der Waals surface area contributed by atoms with Gasteiger partial charge in [0.25, 0.3) is 0 Å². The molecule has 4 heteroatoms. The second-order valence-electron chi connectivity index (χ2n) is 4.21. The van der Waals surface area contributed by atoms with Gasteiger partial charge in [0.1, 0.15) is 0 Å². The standard InChI is InChI=1S/C14H21NO2S/c1-12(10-17-2)15-14(16)8-9-18-11-13-6-4-3-5-7-13/h3-7,12H,8-11H2,1-2H3,(H,15,16)/t12-/m0/s1. The molecule has 0 spiro atoms. The van der Waals surface area contributed by atoms with Gasteiger partial charge in [-0.05, 0) is 12.5 Å². The number of carbonyl (C=O) groups is 1. The maximum atomic E-state index is 11.6. The molecule has 0 saturated heterocycles. The van der Waals surface area contributed by atoms with Gasteiger partial charge < -0.3 is 10.1 Å². The topological polar surface area (TPSA) is 38.3 Å². The quantitative estimate of drug-likeness (QED) is 0.735. The molecule has 1 amide bonds. The van der Waals surface area contributed by atoms with E-state index in [1.54, 1.807) is 18.9 Å². The van der Waals surface area contributed by atoms with Gasteiger partial charge in [0.2, 0.25) is 5.91 Å². The van der Waals surface area contributed by atoms with E-state index >= 15 is 0 Å². The van der Waals surface area contributed by atoms with Crippen molar-refractivity contribution in [2.24, 2.45) is 0 Å². The normalized spacial score (nSPS) is 12.1. The van der Waals surface area contributed by atoms with Crippen LogP contribution >= 0.6 is 11.8 Å². The highest BCUT2D eigenvalue weighted by Gasteiger charge is 2.06. The molecule has 0 aliphatic carbocycles. The summed E-state index contributed by atoms with van der Waals surface area (Å²) in [4.78, 5) is 11.6. The average Bonchev–Trinajstić information content (AvgIpc) is 2.36. The summed E-state index contributed by atoms with van der Waals surface area (Å²) in [5.41, 5.74) is 1.30. The number of hydrogen-bond acceptors (Lipinski definition) is 3. The van der Waals surface area contributed by atoms with Crippen molar-refractivity contribution in [3.05, 3.63) is 35.9 Å². The van der Waals surface area contributed by atoms with Gasteiger partial charge in [0.15, 0.2) is 0 Å². The third-order valence-corrected chi connectivity index (χ3v) is 3.44. The van der Waals surface area contributed by atoms with Gasteiger partial charge in [-0.3, -0.25) is 4.79 Å². The minimum atomic E-state index is 0.0848. The molecule has 0 heterocycles. The van der Waals surface area contributed by atoms with Crippen LogP contribution in [0.1, 0.15) is 18.9 Å². The Balaban J connectivity index is 2.09. The largest absolute Gasteiger partial charge is 0.383 e. The maximum absolute atomic E-state index is 11.6. The fourth-order valence-electron chi connectivity index (χ4n) is 1.57. The molecule has 0 aromatic heterocycles. The molecule has 100 valence electrons. The van der Waals surface area contributed by atoms with Crippen molar-refractivity contribution in [2.45, 2.75) is 25.1 Å². The summed E-state index contributed by atoms with van der Waals surface area (Å²) in [5.74, 6) is 1.91. The van der Waals surface area contributed by atoms with Gasteiger partial charge >= 0.3 is 0 Å². The maximum Gasteiger partial charge on any atom is 0.221 e. The van der Waals surface area contributed by atoms with Crippen molar-refractivity contribution in [3.63, 3.8) is 0 Å². The zero-order valence-corrected chi connectivity index (χ0v) is 11.8. The highest BCUT2D eigenvalue weighted by atomic mass is 32.2. The summed E-state index contributed by atoms with van der Waals surface area (Å²) in [7, 11) is 1.64. The van der Waals surface area contributed by atoms with Crippen molar-refractivity contribution in [3.8, 4) is 0 Å². The van der Waals surface area contributed by atoms with Crippen molar-refractivity contribution in [1.29, 1.82) is 0 Å². The Kier molecular flexibility index (Phi) is 7.53. The van der Waals surface area contributed by atoms with Crippen molar-refractivity contribution >= 4 is 17.7 Å². The monoisotopic (exact) mass is 267 g/mol. The first-order valence-corrected chi connectivity index (χ1v) is 7.28. The molecule has 1 rings (SSSR count). The van der Waals surface area contributed by atoms with E-state index in [1.807, 2.05) is 25.1 Å². The summed E-state index contributed by atoms with van der Waals surface area (Å²) in [5, 5.41) is 2.90. The second-order valence-corrected chi connectivity index (χ2v) is 5.32. The second kappa shape index (κ2) is 9.00. The van der Waals surface area contributed by atoms with Crippen LogP contribution in [0.25, 0.3) is 0 Å². The van der Waals surface area contributed by atoms with Crippen LogP contribution in [0.2, 0.25) is 0 Å². The van der Waals surface area contributed by atoms with Gasteiger partial charge in [-0.15, -0.1) is 0 Å².